The second kappa shape index (κ2) is 5.83. The van der Waals surface area contributed by atoms with Crippen LogP contribution < -0.4 is 4.90 Å². The molecule has 0 spiro atoms. The van der Waals surface area contributed by atoms with Gasteiger partial charge in [-0.15, -0.1) is 0 Å². The molecule has 118 valence electrons. The molecule has 0 aliphatic carbocycles. The van der Waals surface area contributed by atoms with Crippen LogP contribution in [0.15, 0.2) is 42.5 Å². The lowest BCUT2D eigenvalue weighted by Gasteiger charge is -2.18. The summed E-state index contributed by atoms with van der Waals surface area (Å²) in [6, 6.07) is 12.3. The van der Waals surface area contributed by atoms with E-state index < -0.39 is 5.97 Å². The molecule has 1 atom stereocenters. The van der Waals surface area contributed by atoms with Crippen molar-refractivity contribution in [2.75, 3.05) is 11.4 Å². The molecule has 1 N–H and O–H groups in total. The molecular formula is C18H18N2O3. The molecular weight excluding hydrogens is 292 g/mol. The van der Waals surface area contributed by atoms with Crippen LogP contribution in [0, 0.1) is 5.92 Å². The van der Waals surface area contributed by atoms with Crippen molar-refractivity contribution in [2.24, 2.45) is 5.92 Å². The number of amides is 1. The largest absolute Gasteiger partial charge is 0.477 e. The van der Waals surface area contributed by atoms with Crippen molar-refractivity contribution >= 4 is 17.6 Å². The first-order valence-corrected chi connectivity index (χ1v) is 7.60. The SMILES string of the molecule is CC(C)C1CN(C(=O)c2cccc(C(=O)O)n2)c2ccccc21. The van der Waals surface area contributed by atoms with E-state index in [1.54, 1.807) is 17.0 Å². The molecule has 0 fully saturated rings. The minimum absolute atomic E-state index is 0.122. The van der Waals surface area contributed by atoms with Crippen molar-refractivity contribution in [3.05, 3.63) is 59.4 Å². The van der Waals surface area contributed by atoms with E-state index in [-0.39, 0.29) is 23.2 Å². The summed E-state index contributed by atoms with van der Waals surface area (Å²) in [4.78, 5) is 29.5. The van der Waals surface area contributed by atoms with Crippen LogP contribution in [0.4, 0.5) is 5.69 Å². The first kappa shape index (κ1) is 15.2. The van der Waals surface area contributed by atoms with Crippen LogP contribution in [0.1, 0.15) is 46.3 Å². The van der Waals surface area contributed by atoms with E-state index in [0.717, 1.165) is 11.3 Å². The monoisotopic (exact) mass is 310 g/mol. The predicted octanol–water partition coefficient (Wildman–Crippen LogP) is 3.18. The van der Waals surface area contributed by atoms with Gasteiger partial charge in [-0.25, -0.2) is 9.78 Å². The van der Waals surface area contributed by atoms with E-state index in [2.05, 4.69) is 18.8 Å². The Hall–Kier alpha value is -2.69. The Balaban J connectivity index is 1.98. The Morgan fingerprint density at radius 3 is 2.52 bits per heavy atom. The van der Waals surface area contributed by atoms with Gasteiger partial charge in [-0.05, 0) is 29.7 Å². The number of carboxylic acid groups (broad SMARTS) is 1. The van der Waals surface area contributed by atoms with Crippen molar-refractivity contribution in [1.82, 2.24) is 4.98 Å². The van der Waals surface area contributed by atoms with E-state index in [9.17, 15) is 9.59 Å². The third-order valence-electron chi connectivity index (χ3n) is 4.24. The van der Waals surface area contributed by atoms with Gasteiger partial charge >= 0.3 is 5.97 Å². The van der Waals surface area contributed by atoms with Gasteiger partial charge < -0.3 is 10.0 Å². The van der Waals surface area contributed by atoms with Gasteiger partial charge in [-0.1, -0.05) is 38.1 Å². The highest BCUT2D eigenvalue weighted by atomic mass is 16.4. The zero-order chi connectivity index (χ0) is 16.6. The summed E-state index contributed by atoms with van der Waals surface area (Å²) in [7, 11) is 0. The Labute approximate surface area is 134 Å². The van der Waals surface area contributed by atoms with Crippen molar-refractivity contribution in [2.45, 2.75) is 19.8 Å². The summed E-state index contributed by atoms with van der Waals surface area (Å²) < 4.78 is 0. The summed E-state index contributed by atoms with van der Waals surface area (Å²) in [5.74, 6) is -0.713. The standard InChI is InChI=1S/C18H18N2O3/c1-11(2)13-10-20(16-9-4-3-6-12(13)16)17(21)14-7-5-8-15(19-14)18(22)23/h3-9,11,13H,10H2,1-2H3,(H,22,23). The average molecular weight is 310 g/mol. The third kappa shape index (κ3) is 2.70. The molecule has 0 saturated heterocycles. The number of nitrogens with zero attached hydrogens (tertiary/aromatic N) is 2. The number of hydrogen-bond donors (Lipinski definition) is 1. The van der Waals surface area contributed by atoms with Crippen molar-refractivity contribution in [3.63, 3.8) is 0 Å². The molecule has 5 nitrogen and oxygen atoms in total. The first-order valence-electron chi connectivity index (χ1n) is 7.60. The van der Waals surface area contributed by atoms with Gasteiger partial charge in [-0.3, -0.25) is 4.79 Å². The number of aromatic nitrogens is 1. The number of rotatable bonds is 3. The van der Waals surface area contributed by atoms with Crippen LogP contribution in [0.2, 0.25) is 0 Å². The molecule has 2 aromatic rings. The van der Waals surface area contributed by atoms with Crippen LogP contribution in [-0.4, -0.2) is 28.5 Å². The molecule has 3 rings (SSSR count). The summed E-state index contributed by atoms with van der Waals surface area (Å²) in [6.07, 6.45) is 0. The number of aromatic carboxylic acids is 1. The number of carbonyl (C=O) groups excluding carboxylic acids is 1. The lowest BCUT2D eigenvalue weighted by Crippen LogP contribution is -2.31. The van der Waals surface area contributed by atoms with Crippen LogP contribution in [0.5, 0.6) is 0 Å². The molecule has 1 aromatic carbocycles. The van der Waals surface area contributed by atoms with E-state index in [1.807, 2.05) is 24.3 Å². The van der Waals surface area contributed by atoms with Crippen molar-refractivity contribution < 1.29 is 14.7 Å². The molecule has 0 saturated carbocycles. The average Bonchev–Trinajstić information content (AvgIpc) is 2.94. The number of carboxylic acids is 1. The zero-order valence-corrected chi connectivity index (χ0v) is 13.1. The fourth-order valence-electron chi connectivity index (χ4n) is 3.01. The fourth-order valence-corrected chi connectivity index (χ4v) is 3.01. The second-order valence-corrected chi connectivity index (χ2v) is 6.04. The van der Waals surface area contributed by atoms with E-state index in [4.69, 9.17) is 5.11 Å². The number of anilines is 1. The first-order chi connectivity index (χ1) is 11.0. The van der Waals surface area contributed by atoms with Gasteiger partial charge in [0.2, 0.25) is 0 Å². The van der Waals surface area contributed by atoms with Gasteiger partial charge in [0.1, 0.15) is 11.4 Å². The molecule has 1 amide bonds. The molecule has 0 bridgehead atoms. The molecule has 2 heterocycles. The Bertz CT molecular complexity index is 770. The van der Waals surface area contributed by atoms with Crippen LogP contribution in [0.3, 0.4) is 0 Å². The van der Waals surface area contributed by atoms with Gasteiger partial charge in [0.25, 0.3) is 5.91 Å². The van der Waals surface area contributed by atoms with E-state index in [1.165, 1.54) is 6.07 Å². The van der Waals surface area contributed by atoms with Crippen LogP contribution >= 0.6 is 0 Å². The van der Waals surface area contributed by atoms with Crippen molar-refractivity contribution in [3.8, 4) is 0 Å². The second-order valence-electron chi connectivity index (χ2n) is 6.04. The molecule has 0 radical (unpaired) electrons. The third-order valence-corrected chi connectivity index (χ3v) is 4.24. The normalized spacial score (nSPS) is 16.5. The molecule has 5 heteroatoms. The maximum atomic E-state index is 12.8. The number of fused-ring (bicyclic) bond motifs is 1. The van der Waals surface area contributed by atoms with Crippen LogP contribution in [-0.2, 0) is 0 Å². The van der Waals surface area contributed by atoms with Gasteiger partial charge in [0.15, 0.2) is 0 Å². The lowest BCUT2D eigenvalue weighted by atomic mass is 9.90. The van der Waals surface area contributed by atoms with Crippen LogP contribution in [0.25, 0.3) is 0 Å². The van der Waals surface area contributed by atoms with Crippen molar-refractivity contribution in [1.29, 1.82) is 0 Å². The minimum atomic E-state index is -1.14. The lowest BCUT2D eigenvalue weighted by molar-refractivity contribution is 0.0690. The topological polar surface area (TPSA) is 70.5 Å². The van der Waals surface area contributed by atoms with Gasteiger partial charge in [-0.2, -0.15) is 0 Å². The summed E-state index contributed by atoms with van der Waals surface area (Å²) in [6.45, 7) is 4.87. The highest BCUT2D eigenvalue weighted by molar-refractivity contribution is 6.06. The Morgan fingerprint density at radius 2 is 1.83 bits per heavy atom. The Kier molecular flexibility index (Phi) is 3.86. The molecule has 1 aromatic heterocycles. The van der Waals surface area contributed by atoms with Gasteiger partial charge in [0.05, 0.1) is 0 Å². The molecule has 1 aliphatic rings. The highest BCUT2D eigenvalue weighted by Crippen LogP contribution is 2.40. The maximum Gasteiger partial charge on any atom is 0.354 e. The highest BCUT2D eigenvalue weighted by Gasteiger charge is 2.34. The number of hydrogen-bond acceptors (Lipinski definition) is 3. The fraction of sp³-hybridized carbons (Fsp3) is 0.278. The number of pyridine rings is 1. The smallest absolute Gasteiger partial charge is 0.354 e. The summed E-state index contributed by atoms with van der Waals surface area (Å²) >= 11 is 0. The molecule has 23 heavy (non-hydrogen) atoms. The quantitative estimate of drug-likeness (QED) is 0.945. The number of para-hydroxylation sites is 1. The molecule has 1 aliphatic heterocycles. The predicted molar refractivity (Wildman–Crippen MR) is 86.9 cm³/mol. The maximum absolute atomic E-state index is 12.8. The molecule has 1 unspecified atom stereocenters. The zero-order valence-electron chi connectivity index (χ0n) is 13.1. The number of carbonyl (C=O) groups is 2. The minimum Gasteiger partial charge on any atom is -0.477 e. The van der Waals surface area contributed by atoms with E-state index in [0.29, 0.717) is 12.5 Å². The summed E-state index contributed by atoms with van der Waals surface area (Å²) in [5.41, 5.74) is 2.08. The van der Waals surface area contributed by atoms with Gasteiger partial charge in [0, 0.05) is 18.2 Å². The number of benzene rings is 1. The summed E-state index contributed by atoms with van der Waals surface area (Å²) in [5, 5.41) is 9.04. The Morgan fingerprint density at radius 1 is 1.13 bits per heavy atom. The van der Waals surface area contributed by atoms with E-state index >= 15 is 0 Å².